The molecule has 3 rings (SSSR count). The summed E-state index contributed by atoms with van der Waals surface area (Å²) >= 11 is 0. The predicted octanol–water partition coefficient (Wildman–Crippen LogP) is 3.92. The molecule has 0 atom stereocenters. The number of rotatable bonds is 1. The Morgan fingerprint density at radius 2 is 1.75 bits per heavy atom. The maximum atomic E-state index is 14.3. The molecule has 2 aromatic carbocycles. The third-order valence-electron chi connectivity index (χ3n) is 3.54. The van der Waals surface area contributed by atoms with Crippen LogP contribution in [0.2, 0.25) is 0 Å². The zero-order valence-electron chi connectivity index (χ0n) is 11.3. The SMILES string of the molecule is Cc1cc(F)cc(F)c1-c1c2ccccc2cc[n+]1C. The predicted molar refractivity (Wildman–Crippen MR) is 75.2 cm³/mol. The highest BCUT2D eigenvalue weighted by atomic mass is 19.1. The Balaban J connectivity index is 2.44. The molecule has 0 radical (unpaired) electrons. The van der Waals surface area contributed by atoms with Crippen LogP contribution in [-0.2, 0) is 7.05 Å². The third kappa shape index (κ3) is 1.95. The van der Waals surface area contributed by atoms with E-state index in [2.05, 4.69) is 0 Å². The summed E-state index contributed by atoms with van der Waals surface area (Å²) < 4.78 is 29.4. The van der Waals surface area contributed by atoms with E-state index in [1.807, 2.05) is 48.1 Å². The molecular formula is C17H14F2N+. The van der Waals surface area contributed by atoms with Crippen LogP contribution in [0.5, 0.6) is 0 Å². The molecule has 0 aliphatic heterocycles. The normalized spacial score (nSPS) is 11.0. The Morgan fingerprint density at radius 1 is 1.00 bits per heavy atom. The van der Waals surface area contributed by atoms with Crippen LogP contribution in [0, 0.1) is 18.6 Å². The van der Waals surface area contributed by atoms with Crippen molar-refractivity contribution < 1.29 is 13.3 Å². The van der Waals surface area contributed by atoms with Gasteiger partial charge in [-0.3, -0.25) is 0 Å². The molecule has 0 aliphatic rings. The zero-order valence-corrected chi connectivity index (χ0v) is 11.3. The summed E-state index contributed by atoms with van der Waals surface area (Å²) in [6.45, 7) is 1.73. The molecule has 0 spiro atoms. The average molecular weight is 270 g/mol. The van der Waals surface area contributed by atoms with Crippen LogP contribution < -0.4 is 4.57 Å². The molecular weight excluding hydrogens is 256 g/mol. The standard InChI is InChI=1S/C17H14F2N/c1-11-9-13(18)10-15(19)16(11)17-14-6-4-3-5-12(14)7-8-20(17)2/h3-10H,1-2H3/q+1. The highest BCUT2D eigenvalue weighted by molar-refractivity contribution is 5.93. The lowest BCUT2D eigenvalue weighted by Crippen LogP contribution is -2.31. The molecule has 1 aromatic heterocycles. The molecule has 0 amide bonds. The molecule has 3 heteroatoms. The fraction of sp³-hybridized carbons (Fsp3) is 0.118. The van der Waals surface area contributed by atoms with Gasteiger partial charge in [-0.2, -0.15) is 0 Å². The summed E-state index contributed by atoms with van der Waals surface area (Å²) in [5.41, 5.74) is 1.80. The van der Waals surface area contributed by atoms with Crippen molar-refractivity contribution in [3.8, 4) is 11.3 Å². The van der Waals surface area contributed by atoms with Crippen LogP contribution >= 0.6 is 0 Å². The maximum absolute atomic E-state index is 14.3. The van der Waals surface area contributed by atoms with Gasteiger partial charge in [-0.05, 0) is 30.0 Å². The maximum Gasteiger partial charge on any atom is 0.223 e. The van der Waals surface area contributed by atoms with E-state index in [0.29, 0.717) is 11.1 Å². The van der Waals surface area contributed by atoms with Crippen LogP contribution in [0.25, 0.3) is 22.0 Å². The molecule has 0 bridgehead atoms. The number of aryl methyl sites for hydroxylation is 2. The second-order valence-electron chi connectivity index (χ2n) is 4.94. The lowest BCUT2D eigenvalue weighted by atomic mass is 9.99. The largest absolute Gasteiger partial charge is 0.223 e. The van der Waals surface area contributed by atoms with Crippen molar-refractivity contribution in [2.75, 3.05) is 0 Å². The molecule has 0 saturated carbocycles. The lowest BCUT2D eigenvalue weighted by molar-refractivity contribution is -0.659. The van der Waals surface area contributed by atoms with Gasteiger partial charge in [0.05, 0.1) is 10.9 Å². The van der Waals surface area contributed by atoms with Crippen molar-refractivity contribution in [3.05, 3.63) is 65.9 Å². The number of benzene rings is 2. The van der Waals surface area contributed by atoms with Gasteiger partial charge in [0.1, 0.15) is 18.7 Å². The summed E-state index contributed by atoms with van der Waals surface area (Å²) in [5, 5.41) is 1.98. The number of halogens is 2. The molecule has 0 aliphatic carbocycles. The van der Waals surface area contributed by atoms with Gasteiger partial charge in [0.2, 0.25) is 5.69 Å². The first-order valence-electron chi connectivity index (χ1n) is 6.41. The molecule has 1 nitrogen and oxygen atoms in total. The first kappa shape index (κ1) is 12.7. The van der Waals surface area contributed by atoms with E-state index in [1.165, 1.54) is 6.07 Å². The van der Waals surface area contributed by atoms with Crippen LogP contribution in [0.1, 0.15) is 5.56 Å². The minimum Gasteiger partial charge on any atom is -0.207 e. The summed E-state index contributed by atoms with van der Waals surface area (Å²) in [7, 11) is 1.87. The van der Waals surface area contributed by atoms with E-state index in [9.17, 15) is 8.78 Å². The van der Waals surface area contributed by atoms with E-state index in [-0.39, 0.29) is 0 Å². The van der Waals surface area contributed by atoms with Gasteiger partial charge >= 0.3 is 0 Å². The number of fused-ring (bicyclic) bond motifs is 1. The third-order valence-corrected chi connectivity index (χ3v) is 3.54. The molecule has 0 unspecified atom stereocenters. The second kappa shape index (κ2) is 4.67. The van der Waals surface area contributed by atoms with Gasteiger partial charge in [-0.15, -0.1) is 0 Å². The van der Waals surface area contributed by atoms with Gasteiger partial charge in [0.25, 0.3) is 0 Å². The van der Waals surface area contributed by atoms with Crippen LogP contribution in [0.3, 0.4) is 0 Å². The van der Waals surface area contributed by atoms with Crippen molar-refractivity contribution >= 4 is 10.8 Å². The van der Waals surface area contributed by atoms with Crippen LogP contribution in [0.15, 0.2) is 48.7 Å². The second-order valence-corrected chi connectivity index (χ2v) is 4.94. The minimum absolute atomic E-state index is 0.450. The van der Waals surface area contributed by atoms with E-state index in [4.69, 9.17) is 0 Å². The Labute approximate surface area is 116 Å². The van der Waals surface area contributed by atoms with Gasteiger partial charge in [-0.25, -0.2) is 13.3 Å². The number of nitrogens with zero attached hydrogens (tertiary/aromatic N) is 1. The fourth-order valence-electron chi connectivity index (χ4n) is 2.63. The van der Waals surface area contributed by atoms with E-state index in [0.717, 1.165) is 22.5 Å². The van der Waals surface area contributed by atoms with Gasteiger partial charge in [0, 0.05) is 12.1 Å². The van der Waals surface area contributed by atoms with E-state index < -0.39 is 11.6 Å². The van der Waals surface area contributed by atoms with Crippen molar-refractivity contribution in [3.63, 3.8) is 0 Å². The number of hydrogen-bond acceptors (Lipinski definition) is 0. The van der Waals surface area contributed by atoms with Gasteiger partial charge in [0.15, 0.2) is 6.20 Å². The zero-order chi connectivity index (χ0) is 14.3. The number of pyridine rings is 1. The Bertz CT molecular complexity index is 786. The van der Waals surface area contributed by atoms with Crippen molar-refractivity contribution in [1.29, 1.82) is 0 Å². The fourth-order valence-corrected chi connectivity index (χ4v) is 2.63. The molecule has 0 saturated heterocycles. The molecule has 3 aromatic rings. The monoisotopic (exact) mass is 270 g/mol. The Hall–Kier alpha value is -2.29. The molecule has 100 valence electrons. The Morgan fingerprint density at radius 3 is 2.50 bits per heavy atom. The highest BCUT2D eigenvalue weighted by Gasteiger charge is 2.21. The van der Waals surface area contributed by atoms with Gasteiger partial charge < -0.3 is 0 Å². The van der Waals surface area contributed by atoms with Crippen molar-refractivity contribution in [1.82, 2.24) is 0 Å². The highest BCUT2D eigenvalue weighted by Crippen LogP contribution is 2.30. The summed E-state index contributed by atoms with van der Waals surface area (Å²) in [6, 6.07) is 12.1. The van der Waals surface area contributed by atoms with Crippen molar-refractivity contribution in [2.24, 2.45) is 7.05 Å². The van der Waals surface area contributed by atoms with Gasteiger partial charge in [-0.1, -0.05) is 18.2 Å². The van der Waals surface area contributed by atoms with Crippen LogP contribution in [0.4, 0.5) is 8.78 Å². The molecule has 20 heavy (non-hydrogen) atoms. The first-order chi connectivity index (χ1) is 9.58. The quantitative estimate of drug-likeness (QED) is 0.590. The summed E-state index contributed by atoms with van der Waals surface area (Å²) in [4.78, 5) is 0. The average Bonchev–Trinajstić information content (AvgIpc) is 2.40. The van der Waals surface area contributed by atoms with Crippen molar-refractivity contribution in [2.45, 2.75) is 6.92 Å². The number of hydrogen-bond donors (Lipinski definition) is 0. The molecule has 1 heterocycles. The number of aromatic nitrogens is 1. The topological polar surface area (TPSA) is 3.88 Å². The van der Waals surface area contributed by atoms with E-state index in [1.54, 1.807) is 6.92 Å². The first-order valence-corrected chi connectivity index (χ1v) is 6.41. The summed E-state index contributed by atoms with van der Waals surface area (Å²) in [6.07, 6.45) is 1.89. The molecule has 0 fully saturated rings. The molecule has 0 N–H and O–H groups in total. The summed E-state index contributed by atoms with van der Waals surface area (Å²) in [5.74, 6) is -1.08. The Kier molecular flexibility index (Phi) is 2.97. The lowest BCUT2D eigenvalue weighted by Gasteiger charge is -2.09. The van der Waals surface area contributed by atoms with E-state index >= 15 is 0 Å². The minimum atomic E-state index is -0.549. The van der Waals surface area contributed by atoms with Crippen LogP contribution in [-0.4, -0.2) is 0 Å². The smallest absolute Gasteiger partial charge is 0.207 e.